The minimum atomic E-state index is -3.44. The molecule has 1 aliphatic carbocycles. The summed E-state index contributed by atoms with van der Waals surface area (Å²) in [5, 5.41) is 2.91. The second kappa shape index (κ2) is 9.21. The zero-order chi connectivity index (χ0) is 19.2. The molecule has 1 amide bonds. The molecule has 0 unspecified atom stereocenters. The molecule has 1 N–H and O–H groups in total. The highest BCUT2D eigenvalue weighted by Crippen LogP contribution is 2.22. The van der Waals surface area contributed by atoms with Crippen molar-refractivity contribution in [2.75, 3.05) is 23.7 Å². The standard InChI is InChI=1S/C20H30N2O3S/c1-16-13-17(2)15-19(14-16)22(26(3,24)25)12-10-20(23)21-11-9-18-7-5-4-6-8-18/h7,13-15H,4-6,8-12H2,1-3H3,(H,21,23). The molecule has 0 aromatic heterocycles. The minimum Gasteiger partial charge on any atom is -0.356 e. The summed E-state index contributed by atoms with van der Waals surface area (Å²) in [5.41, 5.74) is 4.03. The number of hydrogen-bond donors (Lipinski definition) is 1. The summed E-state index contributed by atoms with van der Waals surface area (Å²) >= 11 is 0. The van der Waals surface area contributed by atoms with E-state index in [1.54, 1.807) is 0 Å². The molecule has 0 heterocycles. The van der Waals surface area contributed by atoms with Crippen LogP contribution in [0, 0.1) is 13.8 Å². The van der Waals surface area contributed by atoms with Crippen LogP contribution in [0.4, 0.5) is 5.69 Å². The lowest BCUT2D eigenvalue weighted by Gasteiger charge is -2.23. The van der Waals surface area contributed by atoms with E-state index in [-0.39, 0.29) is 18.9 Å². The van der Waals surface area contributed by atoms with Crippen molar-refractivity contribution in [3.05, 3.63) is 41.0 Å². The molecule has 144 valence electrons. The Morgan fingerprint density at radius 3 is 2.42 bits per heavy atom. The summed E-state index contributed by atoms with van der Waals surface area (Å²) in [5.74, 6) is -0.112. The Kier molecular flexibility index (Phi) is 7.26. The van der Waals surface area contributed by atoms with Crippen LogP contribution in [0.5, 0.6) is 0 Å². The van der Waals surface area contributed by atoms with Crippen molar-refractivity contribution >= 4 is 21.6 Å². The number of nitrogens with zero attached hydrogens (tertiary/aromatic N) is 1. The first kappa shape index (κ1) is 20.5. The summed E-state index contributed by atoms with van der Waals surface area (Å²) in [6.07, 6.45) is 9.26. The quantitative estimate of drug-likeness (QED) is 0.705. The van der Waals surface area contributed by atoms with Crippen LogP contribution in [-0.2, 0) is 14.8 Å². The van der Waals surface area contributed by atoms with Gasteiger partial charge in [0.1, 0.15) is 0 Å². The first-order valence-electron chi connectivity index (χ1n) is 9.26. The molecule has 0 spiro atoms. The fraction of sp³-hybridized carbons (Fsp3) is 0.550. The maximum atomic E-state index is 12.2. The van der Waals surface area contributed by atoms with E-state index in [4.69, 9.17) is 0 Å². The maximum Gasteiger partial charge on any atom is 0.232 e. The normalized spacial score (nSPS) is 14.7. The number of carbonyl (C=O) groups excluding carboxylic acids is 1. The second-order valence-electron chi connectivity index (χ2n) is 7.14. The monoisotopic (exact) mass is 378 g/mol. The number of amides is 1. The van der Waals surface area contributed by atoms with Crippen LogP contribution in [0.3, 0.4) is 0 Å². The van der Waals surface area contributed by atoms with Gasteiger partial charge in [-0.3, -0.25) is 9.10 Å². The van der Waals surface area contributed by atoms with E-state index in [1.165, 1.54) is 29.0 Å². The van der Waals surface area contributed by atoms with Gasteiger partial charge in [-0.1, -0.05) is 17.7 Å². The third-order valence-corrected chi connectivity index (χ3v) is 5.78. The zero-order valence-electron chi connectivity index (χ0n) is 16.0. The molecule has 26 heavy (non-hydrogen) atoms. The number of hydrogen-bond acceptors (Lipinski definition) is 3. The van der Waals surface area contributed by atoms with Gasteiger partial charge in [-0.25, -0.2) is 8.42 Å². The van der Waals surface area contributed by atoms with E-state index in [0.29, 0.717) is 12.2 Å². The first-order valence-corrected chi connectivity index (χ1v) is 11.1. The van der Waals surface area contributed by atoms with Crippen LogP contribution in [0.25, 0.3) is 0 Å². The molecule has 1 aromatic rings. The average Bonchev–Trinajstić information content (AvgIpc) is 2.54. The van der Waals surface area contributed by atoms with E-state index >= 15 is 0 Å². The Morgan fingerprint density at radius 2 is 1.85 bits per heavy atom. The van der Waals surface area contributed by atoms with Crippen molar-refractivity contribution in [2.45, 2.75) is 52.4 Å². The van der Waals surface area contributed by atoms with Gasteiger partial charge in [0, 0.05) is 19.5 Å². The van der Waals surface area contributed by atoms with Gasteiger partial charge in [0.15, 0.2) is 0 Å². The highest BCUT2D eigenvalue weighted by atomic mass is 32.2. The van der Waals surface area contributed by atoms with Crippen LogP contribution in [0.2, 0.25) is 0 Å². The zero-order valence-corrected chi connectivity index (χ0v) is 16.9. The molecule has 1 aromatic carbocycles. The van der Waals surface area contributed by atoms with Crippen LogP contribution >= 0.6 is 0 Å². The van der Waals surface area contributed by atoms with Gasteiger partial charge in [-0.2, -0.15) is 0 Å². The highest BCUT2D eigenvalue weighted by Gasteiger charge is 2.19. The largest absolute Gasteiger partial charge is 0.356 e. The Bertz CT molecular complexity index is 749. The predicted molar refractivity (Wildman–Crippen MR) is 107 cm³/mol. The summed E-state index contributed by atoms with van der Waals surface area (Å²) in [7, 11) is -3.44. The van der Waals surface area contributed by atoms with Crippen LogP contribution < -0.4 is 9.62 Å². The van der Waals surface area contributed by atoms with Crippen molar-refractivity contribution in [2.24, 2.45) is 0 Å². The summed E-state index contributed by atoms with van der Waals surface area (Å²) in [6.45, 7) is 4.64. The van der Waals surface area contributed by atoms with Crippen molar-refractivity contribution in [3.8, 4) is 0 Å². The smallest absolute Gasteiger partial charge is 0.232 e. The molecule has 0 radical (unpaired) electrons. The fourth-order valence-corrected chi connectivity index (χ4v) is 4.28. The maximum absolute atomic E-state index is 12.2. The van der Waals surface area contributed by atoms with Gasteiger partial charge >= 0.3 is 0 Å². The molecule has 1 aliphatic rings. The summed E-state index contributed by atoms with van der Waals surface area (Å²) in [4.78, 5) is 12.1. The van der Waals surface area contributed by atoms with Crippen molar-refractivity contribution in [3.63, 3.8) is 0 Å². The van der Waals surface area contributed by atoms with Crippen molar-refractivity contribution in [1.29, 1.82) is 0 Å². The topological polar surface area (TPSA) is 66.5 Å². The number of sulfonamides is 1. The van der Waals surface area contributed by atoms with Gasteiger partial charge < -0.3 is 5.32 Å². The minimum absolute atomic E-state index is 0.112. The predicted octanol–water partition coefficient (Wildman–Crippen LogP) is 3.47. The highest BCUT2D eigenvalue weighted by molar-refractivity contribution is 7.92. The van der Waals surface area contributed by atoms with E-state index in [1.807, 2.05) is 32.0 Å². The van der Waals surface area contributed by atoms with Gasteiger partial charge in [-0.15, -0.1) is 0 Å². The second-order valence-corrected chi connectivity index (χ2v) is 9.05. The Balaban J connectivity index is 1.90. The van der Waals surface area contributed by atoms with Gasteiger partial charge in [-0.05, 0) is 69.2 Å². The number of carbonyl (C=O) groups is 1. The first-order chi connectivity index (χ1) is 12.3. The summed E-state index contributed by atoms with van der Waals surface area (Å²) in [6, 6.07) is 5.67. The molecular formula is C20H30N2O3S. The number of rotatable bonds is 8. The summed E-state index contributed by atoms with van der Waals surface area (Å²) < 4.78 is 25.7. The number of allylic oxidation sites excluding steroid dienone is 1. The average molecular weight is 379 g/mol. The Labute approximate surface area is 157 Å². The van der Waals surface area contributed by atoms with E-state index < -0.39 is 10.0 Å². The molecule has 0 saturated carbocycles. The number of nitrogens with one attached hydrogen (secondary N) is 1. The molecule has 0 aliphatic heterocycles. The van der Waals surface area contributed by atoms with Gasteiger partial charge in [0.25, 0.3) is 0 Å². The third kappa shape index (κ3) is 6.48. The Hall–Kier alpha value is -1.82. The van der Waals surface area contributed by atoms with Gasteiger partial charge in [0.2, 0.25) is 15.9 Å². The Morgan fingerprint density at radius 1 is 1.15 bits per heavy atom. The molecule has 0 saturated heterocycles. The lowest BCUT2D eigenvalue weighted by molar-refractivity contribution is -0.120. The molecule has 6 heteroatoms. The van der Waals surface area contributed by atoms with Gasteiger partial charge in [0.05, 0.1) is 11.9 Å². The molecule has 5 nitrogen and oxygen atoms in total. The fourth-order valence-electron chi connectivity index (χ4n) is 3.37. The van der Waals surface area contributed by atoms with Crippen molar-refractivity contribution < 1.29 is 13.2 Å². The molecule has 0 bridgehead atoms. The number of aryl methyl sites for hydroxylation is 2. The molecule has 2 rings (SSSR count). The van der Waals surface area contributed by atoms with Crippen LogP contribution in [-0.4, -0.2) is 33.7 Å². The van der Waals surface area contributed by atoms with E-state index in [9.17, 15) is 13.2 Å². The molecular weight excluding hydrogens is 348 g/mol. The molecule has 0 atom stereocenters. The number of benzene rings is 1. The lowest BCUT2D eigenvalue weighted by atomic mass is 9.97. The SMILES string of the molecule is Cc1cc(C)cc(N(CCC(=O)NCCC2=CCCCC2)S(C)(=O)=O)c1. The van der Waals surface area contributed by atoms with E-state index in [0.717, 1.165) is 30.4 Å². The lowest BCUT2D eigenvalue weighted by Crippen LogP contribution is -2.35. The van der Waals surface area contributed by atoms with Crippen molar-refractivity contribution in [1.82, 2.24) is 5.32 Å². The molecule has 0 fully saturated rings. The van der Waals surface area contributed by atoms with E-state index in [2.05, 4.69) is 11.4 Å². The number of anilines is 1. The third-order valence-electron chi connectivity index (χ3n) is 4.59. The van der Waals surface area contributed by atoms with Crippen LogP contribution in [0.15, 0.2) is 29.8 Å². The van der Waals surface area contributed by atoms with Crippen LogP contribution in [0.1, 0.15) is 49.7 Å².